The average molecular weight is 216 g/mol. The monoisotopic (exact) mass is 216 g/mol. The molecule has 1 N–H and O–H groups in total. The van der Waals surface area contributed by atoms with Gasteiger partial charge >= 0.3 is 5.97 Å². The standard InChI is InChI=1S/C9H12O2S2/c1-12-6-7(9(10)11)5-8-3-2-4-13-8/h2-4,7H,5-6H2,1H3,(H,10,11). The maximum Gasteiger partial charge on any atom is 0.307 e. The van der Waals surface area contributed by atoms with E-state index in [1.807, 2.05) is 23.8 Å². The van der Waals surface area contributed by atoms with Gasteiger partial charge in [0.2, 0.25) is 0 Å². The molecule has 0 spiro atoms. The minimum atomic E-state index is -0.692. The molecule has 2 nitrogen and oxygen atoms in total. The lowest BCUT2D eigenvalue weighted by atomic mass is 10.1. The second-order valence-electron chi connectivity index (χ2n) is 2.77. The predicted molar refractivity (Wildman–Crippen MR) is 57.5 cm³/mol. The molecule has 13 heavy (non-hydrogen) atoms. The van der Waals surface area contributed by atoms with Gasteiger partial charge in [-0.1, -0.05) is 6.07 Å². The smallest absolute Gasteiger partial charge is 0.307 e. The third-order valence-electron chi connectivity index (χ3n) is 1.74. The first-order valence-corrected chi connectivity index (χ1v) is 6.25. The van der Waals surface area contributed by atoms with Crippen LogP contribution in [0.5, 0.6) is 0 Å². The molecule has 0 saturated heterocycles. The molecule has 1 atom stereocenters. The van der Waals surface area contributed by atoms with Gasteiger partial charge in [-0.25, -0.2) is 0 Å². The molecule has 0 aliphatic carbocycles. The van der Waals surface area contributed by atoms with Crippen molar-refractivity contribution in [3.63, 3.8) is 0 Å². The molecular formula is C9H12O2S2. The van der Waals surface area contributed by atoms with Crippen LogP contribution in [-0.2, 0) is 11.2 Å². The van der Waals surface area contributed by atoms with E-state index in [4.69, 9.17) is 5.11 Å². The molecule has 1 rings (SSSR count). The Morgan fingerprint density at radius 2 is 2.54 bits per heavy atom. The van der Waals surface area contributed by atoms with Crippen molar-refractivity contribution in [2.75, 3.05) is 12.0 Å². The number of rotatable bonds is 5. The number of hydrogen-bond acceptors (Lipinski definition) is 3. The molecule has 0 aliphatic heterocycles. The SMILES string of the molecule is CSCC(Cc1cccs1)C(=O)O. The van der Waals surface area contributed by atoms with Gasteiger partial charge in [0, 0.05) is 10.6 Å². The topological polar surface area (TPSA) is 37.3 Å². The van der Waals surface area contributed by atoms with E-state index in [0.717, 1.165) is 4.88 Å². The lowest BCUT2D eigenvalue weighted by molar-refractivity contribution is -0.140. The van der Waals surface area contributed by atoms with E-state index in [-0.39, 0.29) is 5.92 Å². The molecule has 4 heteroatoms. The number of carboxylic acid groups (broad SMARTS) is 1. The quantitative estimate of drug-likeness (QED) is 0.821. The lowest BCUT2D eigenvalue weighted by Gasteiger charge is -2.08. The fourth-order valence-electron chi connectivity index (χ4n) is 1.09. The van der Waals surface area contributed by atoms with Gasteiger partial charge in [0.1, 0.15) is 0 Å². The zero-order chi connectivity index (χ0) is 9.68. The number of thiophene rings is 1. The summed E-state index contributed by atoms with van der Waals surface area (Å²) in [5, 5.41) is 10.9. The maximum atomic E-state index is 10.8. The molecule has 0 saturated carbocycles. The Morgan fingerprint density at radius 1 is 1.77 bits per heavy atom. The molecule has 1 unspecified atom stereocenters. The zero-order valence-electron chi connectivity index (χ0n) is 7.40. The van der Waals surface area contributed by atoms with E-state index in [1.54, 1.807) is 23.1 Å². The van der Waals surface area contributed by atoms with Crippen LogP contribution >= 0.6 is 23.1 Å². The van der Waals surface area contributed by atoms with E-state index < -0.39 is 5.97 Å². The van der Waals surface area contributed by atoms with Crippen LogP contribution in [0.15, 0.2) is 17.5 Å². The summed E-state index contributed by atoms with van der Waals surface area (Å²) in [4.78, 5) is 12.0. The highest BCUT2D eigenvalue weighted by Gasteiger charge is 2.17. The minimum Gasteiger partial charge on any atom is -0.481 e. The fraction of sp³-hybridized carbons (Fsp3) is 0.444. The highest BCUT2D eigenvalue weighted by atomic mass is 32.2. The second kappa shape index (κ2) is 5.29. The summed E-state index contributed by atoms with van der Waals surface area (Å²) < 4.78 is 0. The number of aliphatic carboxylic acids is 1. The Morgan fingerprint density at radius 3 is 3.00 bits per heavy atom. The van der Waals surface area contributed by atoms with E-state index in [2.05, 4.69) is 0 Å². The van der Waals surface area contributed by atoms with Crippen LogP contribution in [0.2, 0.25) is 0 Å². The van der Waals surface area contributed by atoms with Crippen LogP contribution in [0.3, 0.4) is 0 Å². The van der Waals surface area contributed by atoms with Crippen LogP contribution in [0, 0.1) is 5.92 Å². The molecule has 0 amide bonds. The third-order valence-corrected chi connectivity index (χ3v) is 3.38. The van der Waals surface area contributed by atoms with Gasteiger partial charge in [-0.15, -0.1) is 11.3 Å². The number of hydrogen-bond donors (Lipinski definition) is 1. The summed E-state index contributed by atoms with van der Waals surface area (Å²) in [6.07, 6.45) is 2.60. The van der Waals surface area contributed by atoms with Crippen molar-refractivity contribution >= 4 is 29.1 Å². The van der Waals surface area contributed by atoms with Gasteiger partial charge in [-0.3, -0.25) is 4.79 Å². The largest absolute Gasteiger partial charge is 0.481 e. The molecule has 1 aromatic heterocycles. The van der Waals surface area contributed by atoms with Gasteiger partial charge in [0.15, 0.2) is 0 Å². The van der Waals surface area contributed by atoms with Crippen LogP contribution in [-0.4, -0.2) is 23.1 Å². The molecule has 0 bridgehead atoms. The van der Waals surface area contributed by atoms with Crippen molar-refractivity contribution in [3.05, 3.63) is 22.4 Å². The Labute approximate surface area is 86.0 Å². The summed E-state index contributed by atoms with van der Waals surface area (Å²) in [5.74, 6) is -0.246. The van der Waals surface area contributed by atoms with E-state index >= 15 is 0 Å². The summed E-state index contributed by atoms with van der Waals surface area (Å²) >= 11 is 3.21. The normalized spacial score (nSPS) is 12.7. The second-order valence-corrected chi connectivity index (χ2v) is 4.72. The number of thioether (sulfide) groups is 1. The van der Waals surface area contributed by atoms with Crippen molar-refractivity contribution in [2.45, 2.75) is 6.42 Å². The van der Waals surface area contributed by atoms with Gasteiger partial charge in [-0.05, 0) is 24.1 Å². The summed E-state index contributed by atoms with van der Waals surface area (Å²) in [5.41, 5.74) is 0. The molecule has 0 aromatic carbocycles. The Balaban J connectivity index is 2.52. The van der Waals surface area contributed by atoms with Crippen LogP contribution < -0.4 is 0 Å². The van der Waals surface area contributed by atoms with E-state index in [1.165, 1.54) is 0 Å². The summed E-state index contributed by atoms with van der Waals surface area (Å²) in [7, 11) is 0. The van der Waals surface area contributed by atoms with E-state index in [0.29, 0.717) is 12.2 Å². The van der Waals surface area contributed by atoms with Gasteiger partial charge in [0.25, 0.3) is 0 Å². The summed E-state index contributed by atoms with van der Waals surface area (Å²) in [6.45, 7) is 0. The van der Waals surface area contributed by atoms with Crippen LogP contribution in [0.25, 0.3) is 0 Å². The molecular weight excluding hydrogens is 204 g/mol. The first kappa shape index (κ1) is 10.6. The third kappa shape index (κ3) is 3.40. The first-order chi connectivity index (χ1) is 6.24. The fourth-order valence-corrected chi connectivity index (χ4v) is 2.54. The van der Waals surface area contributed by atoms with Crippen LogP contribution in [0.4, 0.5) is 0 Å². The zero-order valence-corrected chi connectivity index (χ0v) is 9.03. The van der Waals surface area contributed by atoms with E-state index in [9.17, 15) is 4.79 Å². The number of carbonyl (C=O) groups is 1. The van der Waals surface area contributed by atoms with Gasteiger partial charge in [-0.2, -0.15) is 11.8 Å². The van der Waals surface area contributed by atoms with Crippen molar-refractivity contribution in [1.82, 2.24) is 0 Å². The predicted octanol–water partition coefficient (Wildman–Crippen LogP) is 2.35. The number of carboxylic acids is 1. The van der Waals surface area contributed by atoms with Gasteiger partial charge < -0.3 is 5.11 Å². The van der Waals surface area contributed by atoms with Crippen molar-refractivity contribution < 1.29 is 9.90 Å². The highest BCUT2D eigenvalue weighted by Crippen LogP contribution is 2.17. The minimum absolute atomic E-state index is 0.242. The average Bonchev–Trinajstić information content (AvgIpc) is 2.56. The Bertz CT molecular complexity index is 257. The van der Waals surface area contributed by atoms with Crippen molar-refractivity contribution in [2.24, 2.45) is 5.92 Å². The van der Waals surface area contributed by atoms with Crippen molar-refractivity contribution in [3.8, 4) is 0 Å². The Kier molecular flexibility index (Phi) is 4.32. The molecule has 0 radical (unpaired) electrons. The van der Waals surface area contributed by atoms with Crippen LogP contribution in [0.1, 0.15) is 4.88 Å². The molecule has 0 fully saturated rings. The molecule has 0 aliphatic rings. The molecule has 1 heterocycles. The Hall–Kier alpha value is -0.480. The highest BCUT2D eigenvalue weighted by molar-refractivity contribution is 7.98. The summed E-state index contributed by atoms with van der Waals surface area (Å²) in [6, 6.07) is 3.94. The molecule has 1 aromatic rings. The maximum absolute atomic E-state index is 10.8. The van der Waals surface area contributed by atoms with Crippen molar-refractivity contribution in [1.29, 1.82) is 0 Å². The van der Waals surface area contributed by atoms with Gasteiger partial charge in [0.05, 0.1) is 5.92 Å². The molecule has 72 valence electrons. The first-order valence-electron chi connectivity index (χ1n) is 3.98. The lowest BCUT2D eigenvalue weighted by Crippen LogP contribution is -2.18.